The van der Waals surface area contributed by atoms with Crippen LogP contribution in [0.15, 0.2) is 30.3 Å². The summed E-state index contributed by atoms with van der Waals surface area (Å²) in [7, 11) is 1.57. The number of nitrogens with one attached hydrogen (secondary N) is 1. The number of hydrogen-bond donors (Lipinski definition) is 1. The molecular weight excluding hydrogens is 186 g/mol. The second-order valence-electron chi connectivity index (χ2n) is 3.69. The van der Waals surface area contributed by atoms with Crippen molar-refractivity contribution in [1.82, 2.24) is 0 Å². The summed E-state index contributed by atoms with van der Waals surface area (Å²) in [6.07, 6.45) is 1.78. The van der Waals surface area contributed by atoms with Crippen LogP contribution < -0.4 is 0 Å². The van der Waals surface area contributed by atoms with Crippen molar-refractivity contribution >= 4 is 5.90 Å². The van der Waals surface area contributed by atoms with E-state index in [0.717, 1.165) is 12.8 Å². The summed E-state index contributed by atoms with van der Waals surface area (Å²) >= 11 is 0. The molecule has 0 heterocycles. The Morgan fingerprint density at radius 1 is 1.20 bits per heavy atom. The van der Waals surface area contributed by atoms with Gasteiger partial charge in [0.25, 0.3) is 0 Å². The normalized spacial score (nSPS) is 11.1. The van der Waals surface area contributed by atoms with Gasteiger partial charge in [-0.05, 0) is 18.4 Å². The monoisotopic (exact) mass is 205 g/mol. The molecule has 0 saturated heterocycles. The maximum atomic E-state index is 7.96. The summed E-state index contributed by atoms with van der Waals surface area (Å²) < 4.78 is 5.14. The number of ether oxygens (including phenoxy) is 1. The van der Waals surface area contributed by atoms with E-state index in [0.29, 0.717) is 5.90 Å². The first-order chi connectivity index (χ1) is 7.21. The van der Waals surface area contributed by atoms with E-state index in [1.807, 2.05) is 18.2 Å². The van der Waals surface area contributed by atoms with Crippen LogP contribution in [-0.4, -0.2) is 13.0 Å². The van der Waals surface area contributed by atoms with E-state index >= 15 is 0 Å². The zero-order valence-corrected chi connectivity index (χ0v) is 9.71. The number of methoxy groups -OCH3 is 1. The molecule has 1 aromatic carbocycles. The number of hydrogen-bond acceptors (Lipinski definition) is 2. The summed E-state index contributed by atoms with van der Waals surface area (Å²) in [5, 5.41) is 7.96. The smallest absolute Gasteiger partial charge is 0.191 e. The second-order valence-corrected chi connectivity index (χ2v) is 3.69. The Bertz CT molecular complexity index is 315. The molecule has 0 bridgehead atoms. The molecule has 0 fully saturated rings. The summed E-state index contributed by atoms with van der Waals surface area (Å²) in [4.78, 5) is 0. The Labute approximate surface area is 91.8 Å². The van der Waals surface area contributed by atoms with E-state index in [-0.39, 0.29) is 5.41 Å². The quantitative estimate of drug-likeness (QED) is 0.593. The SMILES string of the molecule is CCC(CC)(C(=N)OC)c1ccccc1. The van der Waals surface area contributed by atoms with Crippen LogP contribution in [-0.2, 0) is 10.2 Å². The standard InChI is InChI=1S/C13H19NO/c1-4-13(5-2,12(14)15-3)11-9-7-6-8-10-11/h6-10,14H,4-5H2,1-3H3. The molecule has 1 rings (SSSR count). The van der Waals surface area contributed by atoms with Crippen molar-refractivity contribution < 1.29 is 4.74 Å². The first-order valence-corrected chi connectivity index (χ1v) is 5.39. The van der Waals surface area contributed by atoms with Gasteiger partial charge >= 0.3 is 0 Å². The fourth-order valence-electron chi connectivity index (χ4n) is 2.06. The van der Waals surface area contributed by atoms with Gasteiger partial charge in [0, 0.05) is 0 Å². The Morgan fingerprint density at radius 3 is 2.13 bits per heavy atom. The van der Waals surface area contributed by atoms with E-state index in [1.165, 1.54) is 5.56 Å². The zero-order valence-electron chi connectivity index (χ0n) is 9.71. The van der Waals surface area contributed by atoms with Crippen LogP contribution in [0, 0.1) is 5.41 Å². The van der Waals surface area contributed by atoms with Gasteiger partial charge < -0.3 is 4.74 Å². The first-order valence-electron chi connectivity index (χ1n) is 5.39. The molecule has 2 heteroatoms. The predicted octanol–water partition coefficient (Wildman–Crippen LogP) is 3.37. The van der Waals surface area contributed by atoms with Crippen LogP contribution in [0.1, 0.15) is 32.3 Å². The highest BCUT2D eigenvalue weighted by molar-refractivity contribution is 5.85. The molecule has 82 valence electrons. The zero-order chi connectivity index (χ0) is 11.3. The van der Waals surface area contributed by atoms with Gasteiger partial charge in [-0.3, -0.25) is 5.41 Å². The molecule has 0 aliphatic carbocycles. The predicted molar refractivity (Wildman–Crippen MR) is 63.4 cm³/mol. The summed E-state index contributed by atoms with van der Waals surface area (Å²) in [5.74, 6) is 0.360. The largest absolute Gasteiger partial charge is 0.484 e. The average Bonchev–Trinajstić information content (AvgIpc) is 2.32. The number of benzene rings is 1. The third-order valence-corrected chi connectivity index (χ3v) is 3.17. The van der Waals surface area contributed by atoms with E-state index < -0.39 is 0 Å². The van der Waals surface area contributed by atoms with E-state index in [9.17, 15) is 0 Å². The van der Waals surface area contributed by atoms with Gasteiger partial charge in [-0.15, -0.1) is 0 Å². The molecule has 0 saturated carbocycles. The van der Waals surface area contributed by atoms with Gasteiger partial charge in [-0.25, -0.2) is 0 Å². The molecule has 0 aliphatic heterocycles. The molecule has 0 amide bonds. The van der Waals surface area contributed by atoms with E-state index in [4.69, 9.17) is 10.1 Å². The highest BCUT2D eigenvalue weighted by Gasteiger charge is 2.34. The highest BCUT2D eigenvalue weighted by atomic mass is 16.5. The third-order valence-electron chi connectivity index (χ3n) is 3.17. The minimum Gasteiger partial charge on any atom is -0.484 e. The average molecular weight is 205 g/mol. The Morgan fingerprint density at radius 2 is 1.73 bits per heavy atom. The molecule has 0 atom stereocenters. The molecular formula is C13H19NO. The van der Waals surface area contributed by atoms with Crippen molar-refractivity contribution in [1.29, 1.82) is 5.41 Å². The molecule has 1 aromatic rings. The topological polar surface area (TPSA) is 33.1 Å². The van der Waals surface area contributed by atoms with Crippen LogP contribution in [0.3, 0.4) is 0 Å². The van der Waals surface area contributed by atoms with Crippen LogP contribution in [0.25, 0.3) is 0 Å². The Balaban J connectivity index is 3.17. The summed E-state index contributed by atoms with van der Waals surface area (Å²) in [5.41, 5.74) is 0.914. The lowest BCUT2D eigenvalue weighted by atomic mass is 9.75. The lowest BCUT2D eigenvalue weighted by Crippen LogP contribution is -2.35. The molecule has 15 heavy (non-hydrogen) atoms. The van der Waals surface area contributed by atoms with Crippen LogP contribution in [0.2, 0.25) is 0 Å². The van der Waals surface area contributed by atoms with Crippen LogP contribution >= 0.6 is 0 Å². The lowest BCUT2D eigenvalue weighted by Gasteiger charge is -2.31. The van der Waals surface area contributed by atoms with Gasteiger partial charge in [0.15, 0.2) is 5.90 Å². The molecule has 0 aromatic heterocycles. The number of rotatable bonds is 4. The minimum atomic E-state index is -0.254. The Hall–Kier alpha value is -1.31. The second kappa shape index (κ2) is 4.96. The fraction of sp³-hybridized carbons (Fsp3) is 0.462. The van der Waals surface area contributed by atoms with Gasteiger partial charge in [0.2, 0.25) is 0 Å². The van der Waals surface area contributed by atoms with Crippen molar-refractivity contribution in [3.05, 3.63) is 35.9 Å². The van der Waals surface area contributed by atoms with Crippen molar-refractivity contribution in [3.63, 3.8) is 0 Å². The van der Waals surface area contributed by atoms with Gasteiger partial charge in [0.05, 0.1) is 12.5 Å². The molecule has 0 unspecified atom stereocenters. The van der Waals surface area contributed by atoms with Crippen LogP contribution in [0.5, 0.6) is 0 Å². The molecule has 1 N–H and O–H groups in total. The van der Waals surface area contributed by atoms with Gasteiger partial charge in [-0.1, -0.05) is 44.2 Å². The third kappa shape index (κ3) is 2.04. The van der Waals surface area contributed by atoms with E-state index in [2.05, 4.69) is 26.0 Å². The maximum absolute atomic E-state index is 7.96. The molecule has 2 nitrogen and oxygen atoms in total. The summed E-state index contributed by atoms with van der Waals surface area (Å²) in [6, 6.07) is 10.2. The highest BCUT2D eigenvalue weighted by Crippen LogP contribution is 2.32. The lowest BCUT2D eigenvalue weighted by molar-refractivity contribution is 0.330. The van der Waals surface area contributed by atoms with E-state index in [1.54, 1.807) is 7.11 Å². The minimum absolute atomic E-state index is 0.254. The van der Waals surface area contributed by atoms with Crippen LogP contribution in [0.4, 0.5) is 0 Å². The van der Waals surface area contributed by atoms with Gasteiger partial charge in [-0.2, -0.15) is 0 Å². The van der Waals surface area contributed by atoms with Gasteiger partial charge in [0.1, 0.15) is 0 Å². The molecule has 0 spiro atoms. The van der Waals surface area contributed by atoms with Crippen molar-refractivity contribution in [2.24, 2.45) is 0 Å². The first kappa shape index (κ1) is 11.8. The molecule has 0 radical (unpaired) electrons. The fourth-order valence-corrected chi connectivity index (χ4v) is 2.06. The van der Waals surface area contributed by atoms with Crippen molar-refractivity contribution in [2.45, 2.75) is 32.1 Å². The molecule has 0 aliphatic rings. The summed E-state index contributed by atoms with van der Waals surface area (Å²) in [6.45, 7) is 4.20. The van der Waals surface area contributed by atoms with Crippen molar-refractivity contribution in [2.75, 3.05) is 7.11 Å². The van der Waals surface area contributed by atoms with Crippen molar-refractivity contribution in [3.8, 4) is 0 Å². The maximum Gasteiger partial charge on any atom is 0.191 e. The Kier molecular flexibility index (Phi) is 3.89.